The Labute approximate surface area is 133 Å². The van der Waals surface area contributed by atoms with Crippen molar-refractivity contribution in [3.05, 3.63) is 28.8 Å². The van der Waals surface area contributed by atoms with Gasteiger partial charge in [0.2, 0.25) is 0 Å². The second kappa shape index (κ2) is 8.02. The maximum atomic E-state index is 6.49. The number of nitrogens with zero attached hydrogens (tertiary/aromatic N) is 1. The van der Waals surface area contributed by atoms with Gasteiger partial charge < -0.3 is 15.4 Å². The molecular weight excluding hydrogens is 284 g/mol. The predicted octanol–water partition coefficient (Wildman–Crippen LogP) is 3.63. The molecular formula is C17H27ClN2O. The van der Waals surface area contributed by atoms with Crippen molar-refractivity contribution >= 4 is 17.3 Å². The number of piperidine rings is 1. The first-order chi connectivity index (χ1) is 10.1. The maximum Gasteiger partial charge on any atom is 0.0750 e. The van der Waals surface area contributed by atoms with Gasteiger partial charge in [-0.2, -0.15) is 0 Å². The van der Waals surface area contributed by atoms with Crippen LogP contribution in [0.2, 0.25) is 5.02 Å². The molecule has 0 aromatic heterocycles. The van der Waals surface area contributed by atoms with Crippen LogP contribution in [-0.2, 0) is 11.2 Å². The number of halogens is 1. The van der Waals surface area contributed by atoms with Crippen LogP contribution in [0.25, 0.3) is 0 Å². The molecule has 1 aliphatic heterocycles. The average Bonchev–Trinajstić information content (AvgIpc) is 2.48. The first kappa shape index (κ1) is 16.6. The highest BCUT2D eigenvalue weighted by atomic mass is 35.5. The number of anilines is 1. The van der Waals surface area contributed by atoms with Crippen LogP contribution in [0.15, 0.2) is 18.2 Å². The molecule has 2 rings (SSSR count). The summed E-state index contributed by atoms with van der Waals surface area (Å²) in [6, 6.07) is 6.57. The van der Waals surface area contributed by atoms with E-state index in [0.717, 1.165) is 56.1 Å². The van der Waals surface area contributed by atoms with Crippen LogP contribution >= 0.6 is 11.6 Å². The highest BCUT2D eigenvalue weighted by molar-refractivity contribution is 6.33. The van der Waals surface area contributed by atoms with Gasteiger partial charge in [-0.1, -0.05) is 24.6 Å². The van der Waals surface area contributed by atoms with E-state index < -0.39 is 0 Å². The second-order valence-corrected chi connectivity index (χ2v) is 6.23. The lowest BCUT2D eigenvalue weighted by atomic mass is 10.0. The Kier molecular flexibility index (Phi) is 6.34. The van der Waals surface area contributed by atoms with Crippen LogP contribution in [0.1, 0.15) is 38.7 Å². The van der Waals surface area contributed by atoms with Gasteiger partial charge in [-0.15, -0.1) is 0 Å². The third-order valence-electron chi connectivity index (χ3n) is 4.16. The molecule has 0 saturated carbocycles. The van der Waals surface area contributed by atoms with Gasteiger partial charge in [0.25, 0.3) is 0 Å². The standard InChI is InChI=1S/C17H27ClN2O/c1-3-14(19)10-13-7-8-17(16(18)11-13)20-9-5-6-15(12-20)21-4-2/h7-8,11,14-15H,3-6,9-10,12,19H2,1-2H3. The molecule has 2 N–H and O–H groups in total. The molecule has 1 saturated heterocycles. The van der Waals surface area contributed by atoms with Crippen molar-refractivity contribution in [2.24, 2.45) is 5.73 Å². The van der Waals surface area contributed by atoms with Crippen molar-refractivity contribution in [2.75, 3.05) is 24.6 Å². The zero-order valence-corrected chi connectivity index (χ0v) is 13.9. The Morgan fingerprint density at radius 2 is 2.24 bits per heavy atom. The normalized spacial score (nSPS) is 20.6. The van der Waals surface area contributed by atoms with Crippen LogP contribution in [-0.4, -0.2) is 31.8 Å². The monoisotopic (exact) mass is 310 g/mol. The van der Waals surface area contributed by atoms with E-state index >= 15 is 0 Å². The molecule has 1 fully saturated rings. The molecule has 21 heavy (non-hydrogen) atoms. The van der Waals surface area contributed by atoms with Crippen LogP contribution in [0.5, 0.6) is 0 Å². The molecule has 1 aromatic rings. The van der Waals surface area contributed by atoms with Gasteiger partial charge in [0.1, 0.15) is 0 Å². The summed E-state index contributed by atoms with van der Waals surface area (Å²) in [6.45, 7) is 6.93. The minimum absolute atomic E-state index is 0.212. The smallest absolute Gasteiger partial charge is 0.0750 e. The van der Waals surface area contributed by atoms with Gasteiger partial charge in [0.05, 0.1) is 16.8 Å². The minimum Gasteiger partial charge on any atom is -0.377 e. The van der Waals surface area contributed by atoms with Gasteiger partial charge in [-0.05, 0) is 50.3 Å². The minimum atomic E-state index is 0.212. The van der Waals surface area contributed by atoms with Gasteiger partial charge >= 0.3 is 0 Å². The topological polar surface area (TPSA) is 38.5 Å². The van der Waals surface area contributed by atoms with E-state index in [1.807, 2.05) is 0 Å². The van der Waals surface area contributed by atoms with E-state index in [2.05, 4.69) is 36.9 Å². The summed E-state index contributed by atoms with van der Waals surface area (Å²) < 4.78 is 5.76. The quantitative estimate of drug-likeness (QED) is 0.872. The van der Waals surface area contributed by atoms with E-state index in [9.17, 15) is 0 Å². The zero-order valence-electron chi connectivity index (χ0n) is 13.1. The number of ether oxygens (including phenoxy) is 1. The third-order valence-corrected chi connectivity index (χ3v) is 4.46. The fourth-order valence-corrected chi connectivity index (χ4v) is 3.23. The van der Waals surface area contributed by atoms with Crippen LogP contribution < -0.4 is 10.6 Å². The highest BCUT2D eigenvalue weighted by Gasteiger charge is 2.21. The molecule has 1 heterocycles. The van der Waals surface area contributed by atoms with Crippen molar-refractivity contribution in [3.8, 4) is 0 Å². The molecule has 4 heteroatoms. The van der Waals surface area contributed by atoms with Gasteiger partial charge in [-0.25, -0.2) is 0 Å². The molecule has 118 valence electrons. The predicted molar refractivity (Wildman–Crippen MR) is 90.3 cm³/mol. The van der Waals surface area contributed by atoms with Gasteiger partial charge in [-0.3, -0.25) is 0 Å². The summed E-state index contributed by atoms with van der Waals surface area (Å²) in [5, 5.41) is 0.827. The summed E-state index contributed by atoms with van der Waals surface area (Å²) in [5.74, 6) is 0. The lowest BCUT2D eigenvalue weighted by Crippen LogP contribution is -2.39. The number of nitrogens with two attached hydrogens (primary N) is 1. The molecule has 2 unspecified atom stereocenters. The number of benzene rings is 1. The highest BCUT2D eigenvalue weighted by Crippen LogP contribution is 2.30. The molecule has 1 aliphatic rings. The van der Waals surface area contributed by atoms with Crippen LogP contribution in [0, 0.1) is 0 Å². The van der Waals surface area contributed by atoms with Crippen molar-refractivity contribution in [2.45, 2.75) is 51.7 Å². The van der Waals surface area contributed by atoms with Crippen molar-refractivity contribution in [1.29, 1.82) is 0 Å². The van der Waals surface area contributed by atoms with E-state index in [1.165, 1.54) is 5.56 Å². The van der Waals surface area contributed by atoms with Crippen LogP contribution in [0.4, 0.5) is 5.69 Å². The van der Waals surface area contributed by atoms with Crippen molar-refractivity contribution in [3.63, 3.8) is 0 Å². The fraction of sp³-hybridized carbons (Fsp3) is 0.647. The summed E-state index contributed by atoms with van der Waals surface area (Å²) in [7, 11) is 0. The van der Waals surface area contributed by atoms with Crippen LogP contribution in [0.3, 0.4) is 0 Å². The molecule has 0 amide bonds. The summed E-state index contributed by atoms with van der Waals surface area (Å²) >= 11 is 6.49. The second-order valence-electron chi connectivity index (χ2n) is 5.82. The SMILES string of the molecule is CCOC1CCCN(c2ccc(CC(N)CC)cc2Cl)C1. The Morgan fingerprint density at radius 3 is 2.90 bits per heavy atom. The summed E-state index contributed by atoms with van der Waals surface area (Å²) in [6.07, 6.45) is 4.50. The van der Waals surface area contributed by atoms with E-state index in [0.29, 0.717) is 6.10 Å². The molecule has 1 aromatic carbocycles. The van der Waals surface area contributed by atoms with Gasteiger partial charge in [0, 0.05) is 25.7 Å². The molecule has 0 spiro atoms. The Balaban J connectivity index is 2.06. The molecule has 0 aliphatic carbocycles. The molecule has 2 atom stereocenters. The number of rotatable bonds is 6. The zero-order chi connectivity index (χ0) is 15.2. The van der Waals surface area contributed by atoms with E-state index in [1.54, 1.807) is 0 Å². The van der Waals surface area contributed by atoms with E-state index in [-0.39, 0.29) is 6.04 Å². The lowest BCUT2D eigenvalue weighted by Gasteiger charge is -2.34. The number of hydrogen-bond donors (Lipinski definition) is 1. The fourth-order valence-electron chi connectivity index (χ4n) is 2.91. The largest absolute Gasteiger partial charge is 0.377 e. The van der Waals surface area contributed by atoms with Crippen molar-refractivity contribution < 1.29 is 4.74 Å². The summed E-state index contributed by atoms with van der Waals surface area (Å²) in [5.41, 5.74) is 8.36. The molecule has 0 bridgehead atoms. The summed E-state index contributed by atoms with van der Waals surface area (Å²) in [4.78, 5) is 2.34. The Bertz CT molecular complexity index is 450. The third kappa shape index (κ3) is 4.60. The number of hydrogen-bond acceptors (Lipinski definition) is 3. The first-order valence-corrected chi connectivity index (χ1v) is 8.42. The Morgan fingerprint density at radius 1 is 1.43 bits per heavy atom. The van der Waals surface area contributed by atoms with Gasteiger partial charge in [0.15, 0.2) is 0 Å². The van der Waals surface area contributed by atoms with E-state index in [4.69, 9.17) is 22.1 Å². The first-order valence-electron chi connectivity index (χ1n) is 8.04. The molecule has 0 radical (unpaired) electrons. The Hall–Kier alpha value is -0.770. The van der Waals surface area contributed by atoms with Crippen molar-refractivity contribution in [1.82, 2.24) is 0 Å². The lowest BCUT2D eigenvalue weighted by molar-refractivity contribution is 0.0527. The molecule has 3 nitrogen and oxygen atoms in total. The maximum absolute atomic E-state index is 6.49. The average molecular weight is 311 g/mol.